The molecule has 0 aromatic carbocycles. The van der Waals surface area contributed by atoms with E-state index in [9.17, 15) is 0 Å². The largest absolute Gasteiger partial charge is 0.378 e. The number of nitrogens with one attached hydrogen (secondary N) is 1. The number of hydrazine groups is 1. The van der Waals surface area contributed by atoms with Crippen LogP contribution in [0.3, 0.4) is 0 Å². The van der Waals surface area contributed by atoms with Gasteiger partial charge >= 0.3 is 0 Å². The lowest BCUT2D eigenvalue weighted by Crippen LogP contribution is -2.36. The van der Waals surface area contributed by atoms with Crippen LogP contribution in [0.15, 0.2) is 24.5 Å². The molecule has 100 valence electrons. The first kappa shape index (κ1) is 13.5. The van der Waals surface area contributed by atoms with Crippen LogP contribution in [-0.2, 0) is 11.2 Å². The van der Waals surface area contributed by atoms with E-state index in [1.54, 1.807) is 0 Å². The maximum absolute atomic E-state index is 5.63. The van der Waals surface area contributed by atoms with Crippen molar-refractivity contribution in [1.29, 1.82) is 0 Å². The Hall–Kier alpha value is -0.970. The fourth-order valence-electron chi connectivity index (χ4n) is 2.51. The summed E-state index contributed by atoms with van der Waals surface area (Å²) >= 11 is 0. The molecule has 1 aromatic rings. The number of hydrogen-bond donors (Lipinski definition) is 2. The zero-order valence-corrected chi connectivity index (χ0v) is 10.8. The lowest BCUT2D eigenvalue weighted by atomic mass is 10.0. The van der Waals surface area contributed by atoms with Gasteiger partial charge in [-0.2, -0.15) is 0 Å². The molecule has 1 fully saturated rings. The summed E-state index contributed by atoms with van der Waals surface area (Å²) in [5, 5.41) is 0. The SMILES string of the molecule is NNC(CCCC1CCCO1)Cc1ccncc1. The van der Waals surface area contributed by atoms with Crippen molar-refractivity contribution in [3.05, 3.63) is 30.1 Å². The van der Waals surface area contributed by atoms with Gasteiger partial charge in [-0.05, 0) is 56.2 Å². The molecule has 0 aliphatic carbocycles. The molecule has 0 bridgehead atoms. The van der Waals surface area contributed by atoms with Crippen molar-refractivity contribution < 1.29 is 4.74 Å². The fraction of sp³-hybridized carbons (Fsp3) is 0.643. The summed E-state index contributed by atoms with van der Waals surface area (Å²) < 4.78 is 5.63. The van der Waals surface area contributed by atoms with E-state index < -0.39 is 0 Å². The van der Waals surface area contributed by atoms with E-state index in [1.807, 2.05) is 24.5 Å². The number of nitrogens with two attached hydrogens (primary N) is 1. The van der Waals surface area contributed by atoms with Gasteiger partial charge in [-0.25, -0.2) is 0 Å². The van der Waals surface area contributed by atoms with Crippen LogP contribution >= 0.6 is 0 Å². The van der Waals surface area contributed by atoms with E-state index >= 15 is 0 Å². The standard InChI is InChI=1S/C14H23N3O/c15-17-13(11-12-6-8-16-9-7-12)3-1-4-14-5-2-10-18-14/h6-9,13-14,17H,1-5,10-11,15H2. The molecule has 0 spiro atoms. The molecule has 1 aliphatic rings. The second-order valence-corrected chi connectivity index (χ2v) is 4.99. The van der Waals surface area contributed by atoms with Gasteiger partial charge in [0.15, 0.2) is 0 Å². The summed E-state index contributed by atoms with van der Waals surface area (Å²) in [5.41, 5.74) is 4.20. The van der Waals surface area contributed by atoms with Gasteiger partial charge < -0.3 is 4.74 Å². The quantitative estimate of drug-likeness (QED) is 0.571. The van der Waals surface area contributed by atoms with Crippen LogP contribution in [0.5, 0.6) is 0 Å². The summed E-state index contributed by atoms with van der Waals surface area (Å²) in [6.45, 7) is 0.945. The Balaban J connectivity index is 1.68. The molecule has 1 saturated heterocycles. The van der Waals surface area contributed by atoms with Crippen LogP contribution in [0.1, 0.15) is 37.7 Å². The summed E-state index contributed by atoms with van der Waals surface area (Å²) in [6, 6.07) is 4.43. The summed E-state index contributed by atoms with van der Waals surface area (Å²) in [6.07, 6.45) is 11.0. The molecule has 2 atom stereocenters. The van der Waals surface area contributed by atoms with Gasteiger partial charge in [0.1, 0.15) is 0 Å². The number of ether oxygens (including phenoxy) is 1. The first-order valence-electron chi connectivity index (χ1n) is 6.85. The van der Waals surface area contributed by atoms with Crippen molar-refractivity contribution in [3.8, 4) is 0 Å². The van der Waals surface area contributed by atoms with Gasteiger partial charge in [-0.15, -0.1) is 0 Å². The molecule has 18 heavy (non-hydrogen) atoms. The van der Waals surface area contributed by atoms with Crippen LogP contribution in [0.25, 0.3) is 0 Å². The normalized spacial score (nSPS) is 21.1. The molecular weight excluding hydrogens is 226 g/mol. The van der Waals surface area contributed by atoms with Crippen molar-refractivity contribution in [1.82, 2.24) is 10.4 Å². The van der Waals surface area contributed by atoms with Gasteiger partial charge in [-0.1, -0.05) is 0 Å². The highest BCUT2D eigenvalue weighted by molar-refractivity contribution is 5.11. The lowest BCUT2D eigenvalue weighted by Gasteiger charge is -2.17. The van der Waals surface area contributed by atoms with Gasteiger partial charge in [0.05, 0.1) is 6.10 Å². The van der Waals surface area contributed by atoms with Crippen molar-refractivity contribution in [3.63, 3.8) is 0 Å². The maximum atomic E-state index is 5.63. The topological polar surface area (TPSA) is 60.2 Å². The number of aromatic nitrogens is 1. The molecule has 0 saturated carbocycles. The minimum absolute atomic E-state index is 0.341. The molecule has 0 radical (unpaired) electrons. The second kappa shape index (κ2) is 7.46. The average Bonchev–Trinajstić information content (AvgIpc) is 2.92. The van der Waals surface area contributed by atoms with E-state index in [0.29, 0.717) is 12.1 Å². The zero-order chi connectivity index (χ0) is 12.6. The Kier molecular flexibility index (Phi) is 5.58. The van der Waals surface area contributed by atoms with E-state index in [0.717, 1.165) is 25.9 Å². The maximum Gasteiger partial charge on any atom is 0.0576 e. The summed E-state index contributed by atoms with van der Waals surface area (Å²) in [5.74, 6) is 5.62. The van der Waals surface area contributed by atoms with Crippen LogP contribution < -0.4 is 11.3 Å². The average molecular weight is 249 g/mol. The van der Waals surface area contributed by atoms with E-state index in [1.165, 1.54) is 24.8 Å². The van der Waals surface area contributed by atoms with Crippen LogP contribution in [0.2, 0.25) is 0 Å². The summed E-state index contributed by atoms with van der Waals surface area (Å²) in [7, 11) is 0. The number of hydrogen-bond acceptors (Lipinski definition) is 4. The zero-order valence-electron chi connectivity index (χ0n) is 10.8. The molecule has 2 rings (SSSR count). The van der Waals surface area contributed by atoms with E-state index in [-0.39, 0.29) is 0 Å². The Morgan fingerprint density at radius 2 is 2.28 bits per heavy atom. The molecule has 1 aromatic heterocycles. The smallest absolute Gasteiger partial charge is 0.0576 e. The Morgan fingerprint density at radius 1 is 1.44 bits per heavy atom. The van der Waals surface area contributed by atoms with Crippen LogP contribution in [0.4, 0.5) is 0 Å². The minimum atomic E-state index is 0.341. The Labute approximate surface area is 109 Å². The molecular formula is C14H23N3O. The molecule has 1 aliphatic heterocycles. The van der Waals surface area contributed by atoms with Crippen LogP contribution in [0, 0.1) is 0 Å². The fourth-order valence-corrected chi connectivity index (χ4v) is 2.51. The second-order valence-electron chi connectivity index (χ2n) is 4.99. The highest BCUT2D eigenvalue weighted by atomic mass is 16.5. The first-order chi connectivity index (χ1) is 8.88. The van der Waals surface area contributed by atoms with Crippen molar-refractivity contribution in [2.75, 3.05) is 6.61 Å². The van der Waals surface area contributed by atoms with Gasteiger partial charge in [-0.3, -0.25) is 16.3 Å². The number of rotatable bonds is 7. The molecule has 2 heterocycles. The lowest BCUT2D eigenvalue weighted by molar-refractivity contribution is 0.101. The first-order valence-corrected chi connectivity index (χ1v) is 6.85. The van der Waals surface area contributed by atoms with Crippen molar-refractivity contribution in [2.45, 2.75) is 50.7 Å². The molecule has 2 unspecified atom stereocenters. The molecule has 4 nitrogen and oxygen atoms in total. The van der Waals surface area contributed by atoms with Gasteiger partial charge in [0.2, 0.25) is 0 Å². The molecule has 3 N–H and O–H groups in total. The highest BCUT2D eigenvalue weighted by Gasteiger charge is 2.16. The predicted molar refractivity (Wildman–Crippen MR) is 71.9 cm³/mol. The third-order valence-electron chi connectivity index (χ3n) is 3.57. The van der Waals surface area contributed by atoms with Gasteiger partial charge in [0, 0.05) is 25.0 Å². The van der Waals surface area contributed by atoms with E-state index in [4.69, 9.17) is 10.6 Å². The highest BCUT2D eigenvalue weighted by Crippen LogP contribution is 2.18. The van der Waals surface area contributed by atoms with Gasteiger partial charge in [0.25, 0.3) is 0 Å². The van der Waals surface area contributed by atoms with E-state index in [2.05, 4.69) is 10.4 Å². The molecule has 0 amide bonds. The Bertz CT molecular complexity index is 325. The monoisotopic (exact) mass is 249 g/mol. The van der Waals surface area contributed by atoms with Crippen molar-refractivity contribution >= 4 is 0 Å². The number of pyridine rings is 1. The third-order valence-corrected chi connectivity index (χ3v) is 3.57. The summed E-state index contributed by atoms with van der Waals surface area (Å²) in [4.78, 5) is 4.02. The third kappa shape index (κ3) is 4.37. The molecule has 4 heteroatoms. The Morgan fingerprint density at radius 3 is 2.94 bits per heavy atom. The number of nitrogens with zero attached hydrogens (tertiary/aromatic N) is 1. The van der Waals surface area contributed by atoms with Crippen molar-refractivity contribution in [2.24, 2.45) is 5.84 Å². The predicted octanol–water partition coefficient (Wildman–Crippen LogP) is 1.81. The van der Waals surface area contributed by atoms with Crippen LogP contribution in [-0.4, -0.2) is 23.7 Å². The minimum Gasteiger partial charge on any atom is -0.378 e.